The Balaban J connectivity index is 3.68. The number of carboxylic acid groups (broad SMARTS) is 3. The SMILES string of the molecule is O=C(O)CCCCCCC(CCCC(=O)O)C(=O)O. The summed E-state index contributed by atoms with van der Waals surface area (Å²) < 4.78 is 0. The standard InChI is InChI=1S/C13H22O6/c14-11(15)8-4-2-1-3-6-10(13(18)19)7-5-9-12(16)17/h10H,1-9H2,(H,14,15)(H,16,17)(H,18,19). The first kappa shape index (κ1) is 17.4. The third-order valence-electron chi connectivity index (χ3n) is 2.99. The highest BCUT2D eigenvalue weighted by Crippen LogP contribution is 2.18. The molecule has 6 heteroatoms. The van der Waals surface area contributed by atoms with Gasteiger partial charge in [0, 0.05) is 12.8 Å². The summed E-state index contributed by atoms with van der Waals surface area (Å²) in [6.07, 6.45) is 4.41. The highest BCUT2D eigenvalue weighted by molar-refractivity contribution is 5.70. The van der Waals surface area contributed by atoms with E-state index in [0.29, 0.717) is 25.7 Å². The van der Waals surface area contributed by atoms with Gasteiger partial charge in [0.05, 0.1) is 5.92 Å². The molecule has 110 valence electrons. The first-order valence-corrected chi connectivity index (χ1v) is 6.60. The normalized spacial score (nSPS) is 12.0. The van der Waals surface area contributed by atoms with Gasteiger partial charge >= 0.3 is 17.9 Å². The maximum absolute atomic E-state index is 11.0. The molecule has 6 nitrogen and oxygen atoms in total. The maximum atomic E-state index is 11.0. The lowest BCUT2D eigenvalue weighted by Crippen LogP contribution is -2.14. The lowest BCUT2D eigenvalue weighted by Gasteiger charge is -2.11. The van der Waals surface area contributed by atoms with Crippen molar-refractivity contribution in [3.8, 4) is 0 Å². The molecule has 0 saturated heterocycles. The minimum Gasteiger partial charge on any atom is -0.481 e. The quantitative estimate of drug-likeness (QED) is 0.471. The molecule has 0 fully saturated rings. The Morgan fingerprint density at radius 3 is 1.68 bits per heavy atom. The lowest BCUT2D eigenvalue weighted by atomic mass is 9.95. The minimum atomic E-state index is -0.905. The summed E-state index contributed by atoms with van der Waals surface area (Å²) in [7, 11) is 0. The first-order valence-electron chi connectivity index (χ1n) is 6.60. The Kier molecular flexibility index (Phi) is 9.48. The largest absolute Gasteiger partial charge is 0.481 e. The molecule has 0 saturated carbocycles. The molecule has 19 heavy (non-hydrogen) atoms. The van der Waals surface area contributed by atoms with Crippen molar-refractivity contribution in [3.05, 3.63) is 0 Å². The number of hydrogen-bond donors (Lipinski definition) is 3. The molecular formula is C13H22O6. The van der Waals surface area contributed by atoms with Gasteiger partial charge in [-0.3, -0.25) is 14.4 Å². The molecule has 3 N–H and O–H groups in total. The van der Waals surface area contributed by atoms with E-state index in [0.717, 1.165) is 19.3 Å². The van der Waals surface area contributed by atoms with Crippen molar-refractivity contribution in [2.75, 3.05) is 0 Å². The highest BCUT2D eigenvalue weighted by atomic mass is 16.4. The van der Waals surface area contributed by atoms with Gasteiger partial charge < -0.3 is 15.3 Å². The fraction of sp³-hybridized carbons (Fsp3) is 0.769. The van der Waals surface area contributed by atoms with Crippen molar-refractivity contribution in [2.45, 2.75) is 57.8 Å². The van der Waals surface area contributed by atoms with E-state index < -0.39 is 23.8 Å². The van der Waals surface area contributed by atoms with Crippen LogP contribution in [0.5, 0.6) is 0 Å². The Labute approximate surface area is 112 Å². The van der Waals surface area contributed by atoms with E-state index in [4.69, 9.17) is 15.3 Å². The van der Waals surface area contributed by atoms with Gasteiger partial charge in [-0.05, 0) is 25.7 Å². The highest BCUT2D eigenvalue weighted by Gasteiger charge is 2.16. The van der Waals surface area contributed by atoms with E-state index in [1.54, 1.807) is 0 Å². The summed E-state index contributed by atoms with van der Waals surface area (Å²) in [6.45, 7) is 0. The number of aliphatic carboxylic acids is 3. The van der Waals surface area contributed by atoms with Crippen LogP contribution < -0.4 is 0 Å². The Morgan fingerprint density at radius 1 is 0.684 bits per heavy atom. The predicted molar refractivity (Wildman–Crippen MR) is 68.0 cm³/mol. The van der Waals surface area contributed by atoms with Gasteiger partial charge in [-0.1, -0.05) is 19.3 Å². The molecule has 0 aliphatic rings. The van der Waals surface area contributed by atoms with Crippen LogP contribution in [0, 0.1) is 5.92 Å². The van der Waals surface area contributed by atoms with Crippen molar-refractivity contribution in [1.82, 2.24) is 0 Å². The number of hydrogen-bond acceptors (Lipinski definition) is 3. The average Bonchev–Trinajstić information content (AvgIpc) is 2.29. The topological polar surface area (TPSA) is 112 Å². The number of unbranched alkanes of at least 4 members (excludes halogenated alkanes) is 3. The van der Waals surface area contributed by atoms with Crippen LogP contribution in [0.15, 0.2) is 0 Å². The summed E-state index contributed by atoms with van der Waals surface area (Å²) in [4.78, 5) is 31.6. The van der Waals surface area contributed by atoms with Crippen LogP contribution in [0.25, 0.3) is 0 Å². The fourth-order valence-electron chi connectivity index (χ4n) is 1.91. The van der Waals surface area contributed by atoms with Crippen LogP contribution in [0.1, 0.15) is 57.8 Å². The molecule has 0 spiro atoms. The van der Waals surface area contributed by atoms with Gasteiger partial charge in [-0.2, -0.15) is 0 Å². The van der Waals surface area contributed by atoms with Gasteiger partial charge in [-0.15, -0.1) is 0 Å². The third-order valence-corrected chi connectivity index (χ3v) is 2.99. The molecule has 1 unspecified atom stereocenters. The average molecular weight is 274 g/mol. The van der Waals surface area contributed by atoms with Crippen LogP contribution in [-0.2, 0) is 14.4 Å². The smallest absolute Gasteiger partial charge is 0.306 e. The van der Waals surface area contributed by atoms with Crippen LogP contribution in [0.4, 0.5) is 0 Å². The summed E-state index contributed by atoms with van der Waals surface area (Å²) in [5, 5.41) is 25.9. The predicted octanol–water partition coefficient (Wildman–Crippen LogP) is 2.37. The van der Waals surface area contributed by atoms with Gasteiger partial charge in [0.2, 0.25) is 0 Å². The van der Waals surface area contributed by atoms with Gasteiger partial charge in [0.1, 0.15) is 0 Å². The molecule has 0 bridgehead atoms. The molecule has 0 amide bonds. The van der Waals surface area contributed by atoms with Crippen LogP contribution in [-0.4, -0.2) is 33.2 Å². The van der Waals surface area contributed by atoms with Crippen molar-refractivity contribution in [2.24, 2.45) is 5.92 Å². The summed E-state index contributed by atoms with van der Waals surface area (Å²) >= 11 is 0. The van der Waals surface area contributed by atoms with Crippen LogP contribution in [0.2, 0.25) is 0 Å². The summed E-state index contributed by atoms with van der Waals surface area (Å²) in [5.74, 6) is -3.08. The lowest BCUT2D eigenvalue weighted by molar-refractivity contribution is -0.143. The van der Waals surface area contributed by atoms with E-state index in [9.17, 15) is 14.4 Å². The maximum Gasteiger partial charge on any atom is 0.306 e. The molecule has 1 atom stereocenters. The van der Waals surface area contributed by atoms with Crippen molar-refractivity contribution in [3.63, 3.8) is 0 Å². The number of carboxylic acids is 3. The van der Waals surface area contributed by atoms with Crippen molar-refractivity contribution >= 4 is 17.9 Å². The molecule has 0 aliphatic heterocycles. The third kappa shape index (κ3) is 11.2. The second kappa shape index (κ2) is 10.3. The molecule has 0 rings (SSSR count). The molecule has 0 aliphatic carbocycles. The van der Waals surface area contributed by atoms with Gasteiger partial charge in [-0.25, -0.2) is 0 Å². The summed E-state index contributed by atoms with van der Waals surface area (Å²) in [6, 6.07) is 0. The van der Waals surface area contributed by atoms with Gasteiger partial charge in [0.25, 0.3) is 0 Å². The van der Waals surface area contributed by atoms with E-state index >= 15 is 0 Å². The van der Waals surface area contributed by atoms with E-state index in [-0.39, 0.29) is 12.8 Å². The molecule has 0 radical (unpaired) electrons. The molecule has 0 heterocycles. The fourth-order valence-corrected chi connectivity index (χ4v) is 1.91. The van der Waals surface area contributed by atoms with E-state index in [1.165, 1.54) is 0 Å². The first-order chi connectivity index (χ1) is 8.93. The monoisotopic (exact) mass is 274 g/mol. The zero-order valence-corrected chi connectivity index (χ0v) is 11.0. The number of carbonyl (C=O) groups is 3. The van der Waals surface area contributed by atoms with E-state index in [1.807, 2.05) is 0 Å². The minimum absolute atomic E-state index is 0.00237. The van der Waals surface area contributed by atoms with Crippen LogP contribution in [0.3, 0.4) is 0 Å². The molecule has 0 aromatic carbocycles. The second-order valence-corrected chi connectivity index (χ2v) is 4.67. The van der Waals surface area contributed by atoms with Crippen LogP contribution >= 0.6 is 0 Å². The number of rotatable bonds is 12. The van der Waals surface area contributed by atoms with Crippen molar-refractivity contribution < 1.29 is 29.7 Å². The molecule has 0 aromatic heterocycles. The zero-order chi connectivity index (χ0) is 14.7. The Morgan fingerprint density at radius 2 is 1.16 bits per heavy atom. The van der Waals surface area contributed by atoms with Gasteiger partial charge in [0.15, 0.2) is 0 Å². The Hall–Kier alpha value is -1.59. The zero-order valence-electron chi connectivity index (χ0n) is 11.0. The molecule has 0 aromatic rings. The Bertz CT molecular complexity index is 300. The summed E-state index contributed by atoms with van der Waals surface area (Å²) in [5.41, 5.74) is 0. The molecular weight excluding hydrogens is 252 g/mol. The second-order valence-electron chi connectivity index (χ2n) is 4.67. The van der Waals surface area contributed by atoms with E-state index in [2.05, 4.69) is 0 Å². The van der Waals surface area contributed by atoms with Crippen molar-refractivity contribution in [1.29, 1.82) is 0 Å².